The molecule has 0 aromatic heterocycles. The highest BCUT2D eigenvalue weighted by atomic mass is 32.2. The molecule has 2 aliphatic heterocycles. The Balaban J connectivity index is 1.61. The molecule has 164 valence electrons. The van der Waals surface area contributed by atoms with Crippen LogP contribution in [0.4, 0.5) is 5.69 Å². The van der Waals surface area contributed by atoms with Crippen molar-refractivity contribution < 1.29 is 23.8 Å². The number of thioether (sulfide) groups is 1. The highest BCUT2D eigenvalue weighted by Gasteiger charge is 2.32. The summed E-state index contributed by atoms with van der Waals surface area (Å²) in [6.45, 7) is 2.23. The van der Waals surface area contributed by atoms with Crippen molar-refractivity contribution in [2.45, 2.75) is 16.6 Å². The fourth-order valence-corrected chi connectivity index (χ4v) is 5.11. The number of rotatable bonds is 5. The maximum absolute atomic E-state index is 13.3. The van der Waals surface area contributed by atoms with Gasteiger partial charge in [0.05, 0.1) is 33.1 Å². The summed E-state index contributed by atoms with van der Waals surface area (Å²) in [5, 5.41) is -0.100. The zero-order valence-electron chi connectivity index (χ0n) is 17.7. The van der Waals surface area contributed by atoms with Gasteiger partial charge >= 0.3 is 0 Å². The van der Waals surface area contributed by atoms with Gasteiger partial charge in [0, 0.05) is 29.7 Å². The van der Waals surface area contributed by atoms with Crippen molar-refractivity contribution in [2.24, 2.45) is 0 Å². The van der Waals surface area contributed by atoms with Crippen molar-refractivity contribution in [3.8, 4) is 11.5 Å². The van der Waals surface area contributed by atoms with E-state index in [0.29, 0.717) is 37.8 Å². The SMILES string of the molecule is COc1ccc(C2CC(=O)N(CC(=O)N3CCOCC3)c3ccccc3S2)cc1OC. The first-order chi connectivity index (χ1) is 15.1. The van der Waals surface area contributed by atoms with Gasteiger partial charge in [-0.1, -0.05) is 18.2 Å². The van der Waals surface area contributed by atoms with Gasteiger partial charge in [0.2, 0.25) is 11.8 Å². The van der Waals surface area contributed by atoms with Gasteiger partial charge in [-0.15, -0.1) is 11.8 Å². The van der Waals surface area contributed by atoms with Gasteiger partial charge < -0.3 is 24.0 Å². The van der Waals surface area contributed by atoms with Crippen LogP contribution in [0, 0.1) is 0 Å². The molecule has 2 aliphatic rings. The van der Waals surface area contributed by atoms with Crippen LogP contribution < -0.4 is 14.4 Å². The Morgan fingerprint density at radius 2 is 1.84 bits per heavy atom. The Kier molecular flexibility index (Phi) is 6.67. The Labute approximate surface area is 186 Å². The van der Waals surface area contributed by atoms with Crippen LogP contribution in [0.5, 0.6) is 11.5 Å². The van der Waals surface area contributed by atoms with E-state index in [-0.39, 0.29) is 30.0 Å². The fraction of sp³-hybridized carbons (Fsp3) is 0.391. The number of nitrogens with zero attached hydrogens (tertiary/aromatic N) is 2. The van der Waals surface area contributed by atoms with Crippen molar-refractivity contribution >= 4 is 29.3 Å². The van der Waals surface area contributed by atoms with Gasteiger partial charge in [0.15, 0.2) is 11.5 Å². The van der Waals surface area contributed by atoms with Crippen LogP contribution in [-0.2, 0) is 14.3 Å². The summed E-state index contributed by atoms with van der Waals surface area (Å²) in [7, 11) is 3.20. The normalized spacial score (nSPS) is 18.9. The second-order valence-corrected chi connectivity index (χ2v) is 8.61. The fourth-order valence-electron chi connectivity index (χ4n) is 3.84. The molecule has 0 radical (unpaired) electrons. The molecular formula is C23H26N2O5S. The molecule has 8 heteroatoms. The summed E-state index contributed by atoms with van der Waals surface area (Å²) in [6, 6.07) is 13.5. The molecule has 31 heavy (non-hydrogen) atoms. The van der Waals surface area contributed by atoms with E-state index < -0.39 is 0 Å². The Morgan fingerprint density at radius 1 is 1.10 bits per heavy atom. The number of hydrogen-bond acceptors (Lipinski definition) is 6. The second kappa shape index (κ2) is 9.62. The highest BCUT2D eigenvalue weighted by Crippen LogP contribution is 2.46. The minimum atomic E-state index is -0.100. The number of ether oxygens (including phenoxy) is 3. The number of morpholine rings is 1. The molecule has 0 N–H and O–H groups in total. The van der Waals surface area contributed by atoms with Gasteiger partial charge in [-0.3, -0.25) is 9.59 Å². The molecule has 1 unspecified atom stereocenters. The summed E-state index contributed by atoms with van der Waals surface area (Å²) in [5.41, 5.74) is 1.76. The minimum absolute atomic E-state index is 0.0368. The lowest BCUT2D eigenvalue weighted by Gasteiger charge is -2.30. The van der Waals surface area contributed by atoms with Crippen molar-refractivity contribution in [3.05, 3.63) is 48.0 Å². The third-order valence-electron chi connectivity index (χ3n) is 5.52. The number of anilines is 1. The molecule has 0 saturated carbocycles. The summed E-state index contributed by atoms with van der Waals surface area (Å²) >= 11 is 1.63. The molecule has 2 heterocycles. The number of amides is 2. The highest BCUT2D eigenvalue weighted by molar-refractivity contribution is 7.99. The molecule has 2 aromatic carbocycles. The van der Waals surface area contributed by atoms with E-state index in [9.17, 15) is 9.59 Å². The molecule has 0 bridgehead atoms. The maximum atomic E-state index is 13.3. The molecule has 4 rings (SSSR count). The average Bonchev–Trinajstić information content (AvgIpc) is 2.95. The largest absolute Gasteiger partial charge is 0.493 e. The summed E-state index contributed by atoms with van der Waals surface area (Å²) in [6.07, 6.45) is 0.283. The van der Waals surface area contributed by atoms with E-state index in [4.69, 9.17) is 14.2 Å². The summed E-state index contributed by atoms with van der Waals surface area (Å²) < 4.78 is 16.1. The standard InChI is InChI=1S/C23H26N2O5S/c1-28-18-8-7-16(13-19(18)29-2)21-14-22(26)25(17-5-3-4-6-20(17)31-21)15-23(27)24-9-11-30-12-10-24/h3-8,13,21H,9-12,14-15H2,1-2H3. The number of carbonyl (C=O) groups is 2. The lowest BCUT2D eigenvalue weighted by Crippen LogP contribution is -2.47. The van der Waals surface area contributed by atoms with Crippen molar-refractivity contribution in [1.82, 2.24) is 4.90 Å². The third-order valence-corrected chi connectivity index (χ3v) is 6.85. The van der Waals surface area contributed by atoms with Gasteiger partial charge in [0.25, 0.3) is 0 Å². The van der Waals surface area contributed by atoms with E-state index in [1.165, 1.54) is 0 Å². The Morgan fingerprint density at radius 3 is 2.58 bits per heavy atom. The first-order valence-electron chi connectivity index (χ1n) is 10.2. The average molecular weight is 443 g/mol. The lowest BCUT2D eigenvalue weighted by molar-refractivity contribution is -0.135. The number of hydrogen-bond donors (Lipinski definition) is 0. The van der Waals surface area contributed by atoms with Crippen LogP contribution in [0.2, 0.25) is 0 Å². The first-order valence-corrected chi connectivity index (χ1v) is 11.1. The molecule has 0 aliphatic carbocycles. The van der Waals surface area contributed by atoms with E-state index in [0.717, 1.165) is 16.1 Å². The zero-order chi connectivity index (χ0) is 21.8. The topological polar surface area (TPSA) is 68.3 Å². The van der Waals surface area contributed by atoms with Crippen molar-refractivity contribution in [2.75, 3.05) is 52.0 Å². The minimum Gasteiger partial charge on any atom is -0.493 e. The molecule has 7 nitrogen and oxygen atoms in total. The smallest absolute Gasteiger partial charge is 0.242 e. The zero-order valence-corrected chi connectivity index (χ0v) is 18.5. The molecule has 2 amide bonds. The van der Waals surface area contributed by atoms with Gasteiger partial charge in [-0.25, -0.2) is 0 Å². The molecule has 1 fully saturated rings. The monoisotopic (exact) mass is 442 g/mol. The van der Waals surface area contributed by atoms with Crippen LogP contribution >= 0.6 is 11.8 Å². The first kappa shape index (κ1) is 21.5. The van der Waals surface area contributed by atoms with Crippen LogP contribution in [0.1, 0.15) is 17.2 Å². The van der Waals surface area contributed by atoms with E-state index in [1.807, 2.05) is 42.5 Å². The van der Waals surface area contributed by atoms with E-state index in [2.05, 4.69) is 0 Å². The van der Waals surface area contributed by atoms with Gasteiger partial charge in [-0.05, 0) is 29.8 Å². The predicted octanol–water partition coefficient (Wildman–Crippen LogP) is 3.13. The Hall–Kier alpha value is -2.71. The third kappa shape index (κ3) is 4.65. The molecule has 1 atom stereocenters. The van der Waals surface area contributed by atoms with Gasteiger partial charge in [-0.2, -0.15) is 0 Å². The number of benzene rings is 2. The summed E-state index contributed by atoms with van der Waals surface area (Å²) in [4.78, 5) is 30.6. The molecule has 1 saturated heterocycles. The van der Waals surface area contributed by atoms with E-state index >= 15 is 0 Å². The second-order valence-electron chi connectivity index (χ2n) is 7.37. The van der Waals surface area contributed by atoms with Crippen LogP contribution in [0.15, 0.2) is 47.4 Å². The predicted molar refractivity (Wildman–Crippen MR) is 119 cm³/mol. The molecule has 2 aromatic rings. The van der Waals surface area contributed by atoms with Crippen LogP contribution in [-0.4, -0.2) is 63.8 Å². The summed E-state index contributed by atoms with van der Waals surface area (Å²) in [5.74, 6) is 1.15. The number of carbonyl (C=O) groups excluding carboxylic acids is 2. The van der Waals surface area contributed by atoms with Crippen LogP contribution in [0.3, 0.4) is 0 Å². The number of methoxy groups -OCH3 is 2. The van der Waals surface area contributed by atoms with Crippen molar-refractivity contribution in [3.63, 3.8) is 0 Å². The maximum Gasteiger partial charge on any atom is 0.242 e. The number of para-hydroxylation sites is 1. The molecular weight excluding hydrogens is 416 g/mol. The van der Waals surface area contributed by atoms with E-state index in [1.54, 1.807) is 35.8 Å². The van der Waals surface area contributed by atoms with Gasteiger partial charge in [0.1, 0.15) is 6.54 Å². The lowest BCUT2D eigenvalue weighted by atomic mass is 10.1. The number of fused-ring (bicyclic) bond motifs is 1. The molecule has 0 spiro atoms. The van der Waals surface area contributed by atoms with Crippen molar-refractivity contribution in [1.29, 1.82) is 0 Å². The van der Waals surface area contributed by atoms with Crippen LogP contribution in [0.25, 0.3) is 0 Å². The Bertz CT molecular complexity index is 961. The quantitative estimate of drug-likeness (QED) is 0.709.